The van der Waals surface area contributed by atoms with Gasteiger partial charge in [-0.2, -0.15) is 0 Å². The van der Waals surface area contributed by atoms with E-state index in [1.54, 1.807) is 6.92 Å². The standard InChI is InChI=1S/C17H17Br2NO2/c1-10-6-11(2)8-14(7-10)20-17(21)12(3)22-16-5-4-13(18)9-15(16)19/h4-9,12H,1-3H3,(H,20,21). The van der Waals surface area contributed by atoms with Gasteiger partial charge in [0, 0.05) is 10.2 Å². The normalized spacial score (nSPS) is 11.9. The van der Waals surface area contributed by atoms with Crippen molar-refractivity contribution in [2.45, 2.75) is 26.9 Å². The minimum atomic E-state index is -0.599. The molecule has 1 N–H and O–H groups in total. The first-order chi connectivity index (χ1) is 10.3. The lowest BCUT2D eigenvalue weighted by molar-refractivity contribution is -0.122. The fourth-order valence-electron chi connectivity index (χ4n) is 2.11. The largest absolute Gasteiger partial charge is 0.480 e. The van der Waals surface area contributed by atoms with Crippen LogP contribution in [-0.2, 0) is 4.79 Å². The van der Waals surface area contributed by atoms with Crippen molar-refractivity contribution >= 4 is 43.5 Å². The first-order valence-corrected chi connectivity index (χ1v) is 8.44. The van der Waals surface area contributed by atoms with Gasteiger partial charge in [0.05, 0.1) is 4.47 Å². The number of nitrogens with one attached hydrogen (secondary N) is 1. The second-order valence-corrected chi connectivity index (χ2v) is 6.97. The van der Waals surface area contributed by atoms with E-state index in [0.717, 1.165) is 25.8 Å². The van der Waals surface area contributed by atoms with E-state index in [9.17, 15) is 4.79 Å². The van der Waals surface area contributed by atoms with Crippen molar-refractivity contribution in [1.29, 1.82) is 0 Å². The summed E-state index contributed by atoms with van der Waals surface area (Å²) in [4.78, 5) is 12.3. The van der Waals surface area contributed by atoms with Crippen LogP contribution in [0.5, 0.6) is 5.75 Å². The minimum Gasteiger partial charge on any atom is -0.480 e. The number of amides is 1. The lowest BCUT2D eigenvalue weighted by atomic mass is 10.1. The highest BCUT2D eigenvalue weighted by molar-refractivity contribution is 9.11. The van der Waals surface area contributed by atoms with Crippen molar-refractivity contribution in [2.24, 2.45) is 0 Å². The molecule has 0 aliphatic rings. The van der Waals surface area contributed by atoms with Gasteiger partial charge in [0.2, 0.25) is 0 Å². The van der Waals surface area contributed by atoms with Crippen LogP contribution in [0.4, 0.5) is 5.69 Å². The molecule has 0 aliphatic heterocycles. The van der Waals surface area contributed by atoms with E-state index in [1.807, 2.05) is 44.2 Å². The maximum atomic E-state index is 12.3. The molecule has 2 rings (SSSR count). The monoisotopic (exact) mass is 425 g/mol. The zero-order valence-corrected chi connectivity index (χ0v) is 15.8. The Kier molecular flexibility index (Phi) is 5.64. The summed E-state index contributed by atoms with van der Waals surface area (Å²) in [5, 5.41) is 2.89. The number of anilines is 1. The lowest BCUT2D eigenvalue weighted by Crippen LogP contribution is -2.30. The molecule has 3 nitrogen and oxygen atoms in total. The molecule has 2 aromatic carbocycles. The number of aryl methyl sites for hydroxylation is 2. The summed E-state index contributed by atoms with van der Waals surface area (Å²) in [6.45, 7) is 5.73. The number of benzene rings is 2. The SMILES string of the molecule is Cc1cc(C)cc(NC(=O)C(C)Oc2ccc(Br)cc2Br)c1. The zero-order chi connectivity index (χ0) is 16.3. The van der Waals surface area contributed by atoms with Crippen LogP contribution < -0.4 is 10.1 Å². The Morgan fingerprint density at radius 2 is 1.73 bits per heavy atom. The van der Waals surface area contributed by atoms with Crippen molar-refractivity contribution < 1.29 is 9.53 Å². The van der Waals surface area contributed by atoms with Gasteiger partial charge in [0.1, 0.15) is 5.75 Å². The summed E-state index contributed by atoms with van der Waals surface area (Å²) in [6, 6.07) is 11.5. The van der Waals surface area contributed by atoms with Crippen LogP contribution in [0.1, 0.15) is 18.1 Å². The molecular formula is C17H17Br2NO2. The summed E-state index contributed by atoms with van der Waals surface area (Å²) < 4.78 is 7.46. The highest BCUT2D eigenvalue weighted by Crippen LogP contribution is 2.29. The quantitative estimate of drug-likeness (QED) is 0.726. The number of rotatable bonds is 4. The molecule has 1 unspecified atom stereocenters. The third-order valence-corrected chi connectivity index (χ3v) is 4.17. The molecule has 0 bridgehead atoms. The molecule has 2 aromatic rings. The number of hydrogen-bond donors (Lipinski definition) is 1. The van der Waals surface area contributed by atoms with Gasteiger partial charge < -0.3 is 10.1 Å². The predicted octanol–water partition coefficient (Wildman–Crippen LogP) is 5.23. The Hall–Kier alpha value is -1.33. The molecule has 1 amide bonds. The maximum Gasteiger partial charge on any atom is 0.265 e. The molecule has 116 valence electrons. The first-order valence-electron chi connectivity index (χ1n) is 6.86. The average Bonchev–Trinajstić information content (AvgIpc) is 2.40. The van der Waals surface area contributed by atoms with E-state index in [4.69, 9.17) is 4.74 Å². The molecule has 0 saturated carbocycles. The van der Waals surface area contributed by atoms with Gasteiger partial charge in [-0.15, -0.1) is 0 Å². The van der Waals surface area contributed by atoms with Crippen LogP contribution in [0.3, 0.4) is 0 Å². The van der Waals surface area contributed by atoms with Crippen LogP contribution in [-0.4, -0.2) is 12.0 Å². The Bertz CT molecular complexity index is 681. The summed E-state index contributed by atoms with van der Waals surface area (Å²) in [6.07, 6.45) is -0.599. The maximum absolute atomic E-state index is 12.3. The molecule has 0 saturated heterocycles. The lowest BCUT2D eigenvalue weighted by Gasteiger charge is -2.16. The first kappa shape index (κ1) is 17.0. The Balaban J connectivity index is 2.05. The Morgan fingerprint density at radius 1 is 1.09 bits per heavy atom. The van der Waals surface area contributed by atoms with E-state index >= 15 is 0 Å². The van der Waals surface area contributed by atoms with Crippen LogP contribution >= 0.6 is 31.9 Å². The molecule has 0 fully saturated rings. The number of ether oxygens (including phenoxy) is 1. The van der Waals surface area contributed by atoms with Crippen LogP contribution in [0.2, 0.25) is 0 Å². The van der Waals surface area contributed by atoms with E-state index in [-0.39, 0.29) is 5.91 Å². The van der Waals surface area contributed by atoms with Gasteiger partial charge in [0.25, 0.3) is 5.91 Å². The van der Waals surface area contributed by atoms with E-state index in [0.29, 0.717) is 5.75 Å². The highest BCUT2D eigenvalue weighted by Gasteiger charge is 2.16. The fraction of sp³-hybridized carbons (Fsp3) is 0.235. The van der Waals surface area contributed by atoms with Crippen LogP contribution in [0.15, 0.2) is 45.3 Å². The van der Waals surface area contributed by atoms with Crippen LogP contribution in [0.25, 0.3) is 0 Å². The zero-order valence-electron chi connectivity index (χ0n) is 12.6. The van der Waals surface area contributed by atoms with Gasteiger partial charge in [-0.25, -0.2) is 0 Å². The number of halogens is 2. The summed E-state index contributed by atoms with van der Waals surface area (Å²) in [5.41, 5.74) is 3.01. The predicted molar refractivity (Wildman–Crippen MR) is 96.5 cm³/mol. The van der Waals surface area contributed by atoms with E-state index < -0.39 is 6.10 Å². The number of carbonyl (C=O) groups excluding carboxylic acids is 1. The molecule has 5 heteroatoms. The van der Waals surface area contributed by atoms with E-state index in [2.05, 4.69) is 43.2 Å². The summed E-state index contributed by atoms with van der Waals surface area (Å²) in [7, 11) is 0. The van der Waals surface area contributed by atoms with Crippen molar-refractivity contribution in [1.82, 2.24) is 0 Å². The topological polar surface area (TPSA) is 38.3 Å². The molecule has 0 heterocycles. The molecular weight excluding hydrogens is 410 g/mol. The van der Waals surface area contributed by atoms with Crippen molar-refractivity contribution in [3.63, 3.8) is 0 Å². The Morgan fingerprint density at radius 3 is 2.32 bits per heavy atom. The average molecular weight is 427 g/mol. The van der Waals surface area contributed by atoms with Crippen molar-refractivity contribution in [3.05, 3.63) is 56.5 Å². The molecule has 0 aromatic heterocycles. The third kappa shape index (κ3) is 4.58. The van der Waals surface area contributed by atoms with Gasteiger partial charge in [-0.1, -0.05) is 22.0 Å². The molecule has 0 radical (unpaired) electrons. The van der Waals surface area contributed by atoms with Gasteiger partial charge >= 0.3 is 0 Å². The van der Waals surface area contributed by atoms with Crippen LogP contribution in [0, 0.1) is 13.8 Å². The third-order valence-electron chi connectivity index (χ3n) is 3.06. The minimum absolute atomic E-state index is 0.181. The smallest absolute Gasteiger partial charge is 0.265 e. The molecule has 0 aliphatic carbocycles. The van der Waals surface area contributed by atoms with Gasteiger partial charge in [0.15, 0.2) is 6.10 Å². The summed E-state index contributed by atoms with van der Waals surface area (Å²) >= 11 is 6.81. The van der Waals surface area contributed by atoms with Gasteiger partial charge in [-0.05, 0) is 78.2 Å². The molecule has 0 spiro atoms. The number of carbonyl (C=O) groups is 1. The van der Waals surface area contributed by atoms with Crippen molar-refractivity contribution in [2.75, 3.05) is 5.32 Å². The fourth-order valence-corrected chi connectivity index (χ4v) is 3.25. The van der Waals surface area contributed by atoms with Gasteiger partial charge in [-0.3, -0.25) is 4.79 Å². The van der Waals surface area contributed by atoms with Crippen molar-refractivity contribution in [3.8, 4) is 5.75 Å². The highest BCUT2D eigenvalue weighted by atomic mass is 79.9. The Labute approximate surface area is 147 Å². The second-order valence-electron chi connectivity index (χ2n) is 5.20. The van der Waals surface area contributed by atoms with E-state index in [1.165, 1.54) is 0 Å². The second kappa shape index (κ2) is 7.29. The number of hydrogen-bond acceptors (Lipinski definition) is 2. The molecule has 22 heavy (non-hydrogen) atoms. The summed E-state index contributed by atoms with van der Waals surface area (Å²) in [5.74, 6) is 0.450. The molecule has 1 atom stereocenters.